The molecule has 2 unspecified atom stereocenters. The molecule has 0 spiro atoms. The first-order valence-electron chi connectivity index (χ1n) is 10.9. The second kappa shape index (κ2) is 15.8. The summed E-state index contributed by atoms with van der Waals surface area (Å²) in [4.78, 5) is 50.2. The minimum Gasteiger partial charge on any atom is -0.447 e. The fourth-order valence-corrected chi connectivity index (χ4v) is 2.95. The molecule has 1 rings (SSSR count). The smallest absolute Gasteiger partial charge is 0.407 e. The second-order valence-electron chi connectivity index (χ2n) is 7.82. The highest BCUT2D eigenvalue weighted by atomic mass is 16.6. The molecule has 0 heterocycles. The van der Waals surface area contributed by atoms with Gasteiger partial charge in [0, 0.05) is 27.2 Å². The highest BCUT2D eigenvalue weighted by molar-refractivity contribution is 6.38. The van der Waals surface area contributed by atoms with Crippen LogP contribution in [0.25, 0.3) is 0 Å². The van der Waals surface area contributed by atoms with Crippen LogP contribution in [0.3, 0.4) is 0 Å². The molecule has 0 radical (unpaired) electrons. The van der Waals surface area contributed by atoms with Crippen LogP contribution in [-0.2, 0) is 35.0 Å². The van der Waals surface area contributed by atoms with Gasteiger partial charge in [0.2, 0.25) is 11.7 Å². The van der Waals surface area contributed by atoms with Crippen molar-refractivity contribution >= 4 is 23.7 Å². The SMILES string of the molecule is COCCNC(=O)C(=O)C(Cc1ccccc1)NC(=O)C(CC(C)C)NC(=O)OCCOC. The van der Waals surface area contributed by atoms with Gasteiger partial charge in [-0.2, -0.15) is 0 Å². The predicted molar refractivity (Wildman–Crippen MR) is 122 cm³/mol. The molecule has 0 aliphatic heterocycles. The largest absolute Gasteiger partial charge is 0.447 e. The maximum Gasteiger partial charge on any atom is 0.407 e. The number of Topliss-reactive ketones (excluding diaryl/α,β-unsaturated/α-hetero) is 1. The summed E-state index contributed by atoms with van der Waals surface area (Å²) in [7, 11) is 2.96. The molecule has 2 atom stereocenters. The Morgan fingerprint density at radius 1 is 0.879 bits per heavy atom. The average Bonchev–Trinajstić information content (AvgIpc) is 2.78. The van der Waals surface area contributed by atoms with Crippen molar-refractivity contribution in [3.8, 4) is 0 Å². The van der Waals surface area contributed by atoms with Crippen molar-refractivity contribution in [3.05, 3.63) is 35.9 Å². The molecule has 0 bridgehead atoms. The molecule has 1 aromatic carbocycles. The molecular formula is C23H35N3O7. The molecule has 0 aliphatic carbocycles. The number of hydrogen-bond acceptors (Lipinski definition) is 7. The van der Waals surface area contributed by atoms with E-state index in [1.54, 1.807) is 24.3 Å². The minimum absolute atomic E-state index is 0.0368. The van der Waals surface area contributed by atoms with Gasteiger partial charge < -0.3 is 30.2 Å². The topological polar surface area (TPSA) is 132 Å². The number of alkyl carbamates (subject to hydrolysis) is 1. The molecule has 1 aromatic rings. The number of benzene rings is 1. The lowest BCUT2D eigenvalue weighted by atomic mass is 9.99. The third kappa shape index (κ3) is 11.4. The average molecular weight is 466 g/mol. The number of rotatable bonds is 15. The molecule has 0 aliphatic rings. The van der Waals surface area contributed by atoms with Crippen LogP contribution in [0.4, 0.5) is 4.79 Å². The summed E-state index contributed by atoms with van der Waals surface area (Å²) >= 11 is 0. The number of nitrogens with one attached hydrogen (secondary N) is 3. The quantitative estimate of drug-likeness (QED) is 0.258. The third-order valence-corrected chi connectivity index (χ3v) is 4.57. The van der Waals surface area contributed by atoms with Gasteiger partial charge >= 0.3 is 6.09 Å². The number of ether oxygens (including phenoxy) is 3. The highest BCUT2D eigenvalue weighted by Gasteiger charge is 2.31. The van der Waals surface area contributed by atoms with Crippen LogP contribution in [0.1, 0.15) is 25.8 Å². The molecule has 0 saturated carbocycles. The summed E-state index contributed by atoms with van der Waals surface area (Å²) in [6.45, 7) is 4.47. The van der Waals surface area contributed by atoms with Crippen LogP contribution in [0, 0.1) is 5.92 Å². The van der Waals surface area contributed by atoms with Gasteiger partial charge in [0.05, 0.1) is 13.2 Å². The van der Waals surface area contributed by atoms with Gasteiger partial charge in [-0.3, -0.25) is 14.4 Å². The molecule has 0 saturated heterocycles. The zero-order valence-corrected chi connectivity index (χ0v) is 19.7. The van der Waals surface area contributed by atoms with Gasteiger partial charge in [-0.15, -0.1) is 0 Å². The first-order valence-corrected chi connectivity index (χ1v) is 10.9. The van der Waals surface area contributed by atoms with Gasteiger partial charge in [-0.25, -0.2) is 4.79 Å². The third-order valence-electron chi connectivity index (χ3n) is 4.57. The molecule has 0 fully saturated rings. The Balaban J connectivity index is 2.95. The fraction of sp³-hybridized carbons (Fsp3) is 0.565. The van der Waals surface area contributed by atoms with E-state index in [0.717, 1.165) is 5.56 Å². The zero-order valence-electron chi connectivity index (χ0n) is 19.7. The van der Waals surface area contributed by atoms with Crippen molar-refractivity contribution in [1.82, 2.24) is 16.0 Å². The zero-order chi connectivity index (χ0) is 24.6. The summed E-state index contributed by atoms with van der Waals surface area (Å²) in [5.74, 6) is -2.11. The number of methoxy groups -OCH3 is 2. The van der Waals surface area contributed by atoms with Crippen LogP contribution in [0.5, 0.6) is 0 Å². The van der Waals surface area contributed by atoms with Gasteiger partial charge in [0.1, 0.15) is 18.7 Å². The lowest BCUT2D eigenvalue weighted by Crippen LogP contribution is -2.55. The molecule has 33 heavy (non-hydrogen) atoms. The van der Waals surface area contributed by atoms with E-state index in [0.29, 0.717) is 6.42 Å². The highest BCUT2D eigenvalue weighted by Crippen LogP contribution is 2.09. The monoisotopic (exact) mass is 465 g/mol. The minimum atomic E-state index is -1.11. The van der Waals surface area contributed by atoms with Crippen molar-refractivity contribution in [2.75, 3.05) is 40.6 Å². The Morgan fingerprint density at radius 2 is 1.55 bits per heavy atom. The number of amides is 3. The van der Waals surface area contributed by atoms with Crippen LogP contribution in [0.15, 0.2) is 30.3 Å². The van der Waals surface area contributed by atoms with Crippen LogP contribution in [-0.4, -0.2) is 76.4 Å². The molecule has 10 heteroatoms. The van der Waals surface area contributed by atoms with Crippen molar-refractivity contribution in [1.29, 1.82) is 0 Å². The first-order chi connectivity index (χ1) is 15.8. The lowest BCUT2D eigenvalue weighted by molar-refractivity contribution is -0.140. The van der Waals surface area contributed by atoms with Gasteiger partial charge in [-0.05, 0) is 17.9 Å². The summed E-state index contributed by atoms with van der Waals surface area (Å²) in [6, 6.07) is 6.98. The van der Waals surface area contributed by atoms with E-state index in [4.69, 9.17) is 14.2 Å². The van der Waals surface area contributed by atoms with Crippen molar-refractivity contribution in [2.24, 2.45) is 5.92 Å². The Bertz CT molecular complexity index is 756. The number of carbonyl (C=O) groups excluding carboxylic acids is 4. The van der Waals surface area contributed by atoms with Gasteiger partial charge in [0.15, 0.2) is 0 Å². The summed E-state index contributed by atoms with van der Waals surface area (Å²) < 4.78 is 14.7. The van der Waals surface area contributed by atoms with Crippen LogP contribution < -0.4 is 16.0 Å². The van der Waals surface area contributed by atoms with E-state index >= 15 is 0 Å². The Kier molecular flexibility index (Phi) is 13.4. The molecule has 3 N–H and O–H groups in total. The summed E-state index contributed by atoms with van der Waals surface area (Å²) in [6.07, 6.45) is -0.330. The Labute approximate surface area is 194 Å². The number of hydrogen-bond donors (Lipinski definition) is 3. The van der Waals surface area contributed by atoms with E-state index in [1.165, 1.54) is 14.2 Å². The van der Waals surface area contributed by atoms with Crippen LogP contribution in [0.2, 0.25) is 0 Å². The molecular weight excluding hydrogens is 430 g/mol. The molecule has 3 amide bonds. The lowest BCUT2D eigenvalue weighted by Gasteiger charge is -2.23. The van der Waals surface area contributed by atoms with Crippen molar-refractivity contribution in [2.45, 2.75) is 38.8 Å². The van der Waals surface area contributed by atoms with E-state index in [2.05, 4.69) is 16.0 Å². The maximum atomic E-state index is 13.0. The predicted octanol–water partition coefficient (Wildman–Crippen LogP) is 0.833. The normalized spacial score (nSPS) is 12.5. The van der Waals surface area contributed by atoms with E-state index in [9.17, 15) is 19.2 Å². The molecule has 0 aromatic heterocycles. The van der Waals surface area contributed by atoms with E-state index < -0.39 is 35.8 Å². The summed E-state index contributed by atoms with van der Waals surface area (Å²) in [5, 5.41) is 7.65. The molecule has 184 valence electrons. The maximum absolute atomic E-state index is 13.0. The Morgan fingerprint density at radius 3 is 2.15 bits per heavy atom. The van der Waals surface area contributed by atoms with E-state index in [-0.39, 0.29) is 38.7 Å². The number of carbonyl (C=O) groups is 4. The standard InChI is InChI=1S/C23H35N3O7/c1-16(2)14-19(26-23(30)33-13-12-32-4)21(28)25-18(15-17-8-6-5-7-9-17)20(27)22(29)24-10-11-31-3/h5-9,16,18-19H,10-15H2,1-4H3,(H,24,29)(H,25,28)(H,26,30). The second-order valence-corrected chi connectivity index (χ2v) is 7.82. The van der Waals surface area contributed by atoms with Crippen LogP contribution >= 0.6 is 0 Å². The van der Waals surface area contributed by atoms with Gasteiger partial charge in [-0.1, -0.05) is 44.2 Å². The number of ketones is 1. The van der Waals surface area contributed by atoms with Crippen molar-refractivity contribution < 1.29 is 33.4 Å². The molecule has 10 nitrogen and oxygen atoms in total. The fourth-order valence-electron chi connectivity index (χ4n) is 2.95. The van der Waals surface area contributed by atoms with Gasteiger partial charge in [0.25, 0.3) is 5.91 Å². The first kappa shape index (κ1) is 28.1. The Hall–Kier alpha value is -2.98. The van der Waals surface area contributed by atoms with E-state index in [1.807, 2.05) is 19.9 Å². The van der Waals surface area contributed by atoms with Crippen molar-refractivity contribution in [3.63, 3.8) is 0 Å². The summed E-state index contributed by atoms with van der Waals surface area (Å²) in [5.41, 5.74) is 0.771.